The fourth-order valence-corrected chi connectivity index (χ4v) is 11.5. The number of aromatic nitrogens is 4. The molecule has 0 saturated heterocycles. The van der Waals surface area contributed by atoms with Gasteiger partial charge in [-0.05, 0) is 70.4 Å². The first kappa shape index (κ1) is 46.1. The number of thiocyanates is 2. The first-order valence-corrected chi connectivity index (χ1v) is 21.1. The molecule has 0 aromatic carbocycles. The van der Waals surface area contributed by atoms with Gasteiger partial charge in [0.25, 0.3) is 0 Å². The molecule has 0 N–H and O–H groups in total. The molecular formula is C38H50N6RuS2Si2. The molecule has 4 aromatic heterocycles. The Hall–Kier alpha value is -2.92. The number of hydrogen-bond donors (Lipinski definition) is 0. The van der Waals surface area contributed by atoms with E-state index in [1.807, 2.05) is 48.8 Å². The van der Waals surface area contributed by atoms with E-state index in [2.05, 4.69) is 137 Å². The molecule has 0 aliphatic carbocycles. The molecule has 0 fully saturated rings. The zero-order chi connectivity index (χ0) is 35.9. The summed E-state index contributed by atoms with van der Waals surface area (Å²) < 4.78 is 0. The smallest absolute Gasteiger partial charge is 0.696 e. The minimum atomic E-state index is -0.502. The standard InChI is InChI=1S/2C18H25N2Si.2CHNS.Ru/c2*1-14(2)12-21(13-15(3)4)16-8-9-18(20-11-16)17-7-5-6-10-19-17;2*2-1-3;/h2*5-11,14-15H,12-13H2,1-4H3;2*3H;/q;;;;+2/p-2. The zero-order valence-electron chi connectivity index (χ0n) is 30.1. The van der Waals surface area contributed by atoms with E-state index >= 15 is 0 Å². The minimum Gasteiger partial charge on any atom is -0.696 e. The van der Waals surface area contributed by atoms with E-state index in [9.17, 15) is 0 Å². The number of rotatable bonds is 12. The Labute approximate surface area is 323 Å². The first-order valence-electron chi connectivity index (χ1n) is 16.4. The summed E-state index contributed by atoms with van der Waals surface area (Å²) in [6, 6.07) is 26.0. The third-order valence-corrected chi connectivity index (χ3v) is 14.3. The van der Waals surface area contributed by atoms with Crippen molar-refractivity contribution in [2.45, 2.75) is 79.6 Å². The molecule has 0 bridgehead atoms. The summed E-state index contributed by atoms with van der Waals surface area (Å²) in [4.78, 5) is 18.0. The minimum absolute atomic E-state index is 0. The molecule has 0 aliphatic rings. The molecule has 4 aromatic rings. The Balaban J connectivity index is 0.000000796. The molecule has 11 heteroatoms. The first-order chi connectivity index (χ1) is 22.9. The summed E-state index contributed by atoms with van der Waals surface area (Å²) in [7, 11) is -1.00. The van der Waals surface area contributed by atoms with Crippen LogP contribution in [-0.4, -0.2) is 37.5 Å². The Morgan fingerprint density at radius 3 is 1.00 bits per heavy atom. The van der Waals surface area contributed by atoms with Crippen LogP contribution >= 0.6 is 0 Å². The van der Waals surface area contributed by atoms with Gasteiger partial charge in [-0.2, -0.15) is 0 Å². The van der Waals surface area contributed by atoms with Crippen molar-refractivity contribution in [1.82, 2.24) is 19.9 Å². The van der Waals surface area contributed by atoms with E-state index in [0.29, 0.717) is 0 Å². The van der Waals surface area contributed by atoms with Crippen LogP contribution in [0.4, 0.5) is 0 Å². The van der Waals surface area contributed by atoms with Crippen LogP contribution < -0.4 is 10.4 Å². The van der Waals surface area contributed by atoms with Gasteiger partial charge in [0.2, 0.25) is 0 Å². The van der Waals surface area contributed by atoms with Crippen molar-refractivity contribution in [1.29, 1.82) is 10.5 Å². The molecule has 260 valence electrons. The van der Waals surface area contributed by atoms with E-state index in [1.165, 1.54) is 45.4 Å². The maximum atomic E-state index is 7.13. The summed E-state index contributed by atoms with van der Waals surface area (Å²) in [5.41, 5.74) is 3.83. The topological polar surface area (TPSA) is 99.1 Å². The monoisotopic (exact) mass is 812 g/mol. The molecule has 6 nitrogen and oxygen atoms in total. The Bertz CT molecular complexity index is 1340. The van der Waals surface area contributed by atoms with Crippen molar-refractivity contribution in [3.63, 3.8) is 0 Å². The molecular weight excluding hydrogens is 762 g/mol. The van der Waals surface area contributed by atoms with E-state index in [-0.39, 0.29) is 19.5 Å². The van der Waals surface area contributed by atoms with Gasteiger partial charge in [-0.3, -0.25) is 19.9 Å². The predicted molar refractivity (Wildman–Crippen MR) is 210 cm³/mol. The molecule has 0 aliphatic heterocycles. The average Bonchev–Trinajstić information content (AvgIpc) is 3.05. The average molecular weight is 812 g/mol. The summed E-state index contributed by atoms with van der Waals surface area (Å²) in [6.07, 6.45) is 7.81. The normalized spacial score (nSPS) is 10.2. The molecule has 4 rings (SSSR count). The van der Waals surface area contributed by atoms with Crippen LogP contribution in [0.25, 0.3) is 22.8 Å². The third kappa shape index (κ3) is 19.8. The third-order valence-electron chi connectivity index (χ3n) is 6.82. The van der Waals surface area contributed by atoms with Crippen LogP contribution in [-0.2, 0) is 44.7 Å². The molecule has 0 spiro atoms. The summed E-state index contributed by atoms with van der Waals surface area (Å²) in [5.74, 6) is 3.03. The van der Waals surface area contributed by atoms with Gasteiger partial charge in [0.1, 0.15) is 0 Å². The SMILES string of the molecule is CC(C)C[Si](CC(C)C)c1ccc(-c2ccccn2)nc1.CC(C)C[Si](CC(C)C)c1ccc(-c2ccccn2)nc1.N#C[S-].N#C[S-].[Ru+2]. The largest absolute Gasteiger partial charge is 2.00 e. The van der Waals surface area contributed by atoms with Gasteiger partial charge in [0, 0.05) is 24.8 Å². The van der Waals surface area contributed by atoms with Crippen LogP contribution in [0.2, 0.25) is 24.2 Å². The maximum Gasteiger partial charge on any atom is 2.00 e. The van der Waals surface area contributed by atoms with Gasteiger partial charge in [0.15, 0.2) is 0 Å². The van der Waals surface area contributed by atoms with Gasteiger partial charge in [0.05, 0.1) is 40.4 Å². The molecule has 0 saturated carbocycles. The Morgan fingerprint density at radius 2 is 0.796 bits per heavy atom. The molecule has 0 unspecified atom stereocenters. The van der Waals surface area contributed by atoms with Gasteiger partial charge >= 0.3 is 19.5 Å². The van der Waals surface area contributed by atoms with E-state index in [1.54, 1.807) is 0 Å². The summed E-state index contributed by atoms with van der Waals surface area (Å²) in [5, 5.41) is 19.9. The van der Waals surface area contributed by atoms with Crippen molar-refractivity contribution in [2.75, 3.05) is 0 Å². The molecule has 0 atom stereocenters. The van der Waals surface area contributed by atoms with Crippen LogP contribution in [0.1, 0.15) is 55.4 Å². The van der Waals surface area contributed by atoms with Crippen LogP contribution in [0.15, 0.2) is 85.5 Å². The molecule has 2 radical (unpaired) electrons. The van der Waals surface area contributed by atoms with Crippen LogP contribution in [0.5, 0.6) is 0 Å². The van der Waals surface area contributed by atoms with Gasteiger partial charge in [-0.25, -0.2) is 10.5 Å². The number of hydrogen-bond acceptors (Lipinski definition) is 8. The molecule has 4 heterocycles. The van der Waals surface area contributed by atoms with Crippen molar-refractivity contribution in [2.24, 2.45) is 23.7 Å². The molecule has 49 heavy (non-hydrogen) atoms. The van der Waals surface area contributed by atoms with Gasteiger partial charge in [-0.1, -0.05) is 115 Å². The van der Waals surface area contributed by atoms with Crippen molar-refractivity contribution in [3.8, 4) is 33.6 Å². The number of pyridine rings is 4. The predicted octanol–water partition coefficient (Wildman–Crippen LogP) is 8.34. The Kier molecular flexibility index (Phi) is 25.3. The second-order valence-corrected chi connectivity index (χ2v) is 18.6. The molecule has 0 amide bonds. The van der Waals surface area contributed by atoms with Crippen LogP contribution in [0.3, 0.4) is 0 Å². The van der Waals surface area contributed by atoms with E-state index in [0.717, 1.165) is 46.4 Å². The Morgan fingerprint density at radius 1 is 0.510 bits per heavy atom. The maximum absolute atomic E-state index is 7.13. The number of nitrogens with zero attached hydrogens (tertiary/aromatic N) is 6. The second-order valence-electron chi connectivity index (χ2n) is 13.1. The zero-order valence-corrected chi connectivity index (χ0v) is 35.4. The fraction of sp³-hybridized carbons (Fsp3) is 0.421. The van der Waals surface area contributed by atoms with Crippen molar-refractivity contribution in [3.05, 3.63) is 85.5 Å². The van der Waals surface area contributed by atoms with Gasteiger partial charge < -0.3 is 25.3 Å². The fourth-order valence-electron chi connectivity index (χ4n) is 5.15. The van der Waals surface area contributed by atoms with E-state index < -0.39 is 17.6 Å². The van der Waals surface area contributed by atoms with E-state index in [4.69, 9.17) is 10.5 Å². The van der Waals surface area contributed by atoms with Gasteiger partial charge in [-0.15, -0.1) is 0 Å². The summed E-state index contributed by atoms with van der Waals surface area (Å²) >= 11 is 7.40. The quantitative estimate of drug-likeness (QED) is 0.0801. The second kappa shape index (κ2) is 26.9. The van der Waals surface area contributed by atoms with Crippen molar-refractivity contribution < 1.29 is 19.5 Å². The van der Waals surface area contributed by atoms with Crippen LogP contribution in [0, 0.1) is 45.0 Å². The number of nitriles is 2. The van der Waals surface area contributed by atoms with Crippen molar-refractivity contribution >= 4 is 53.2 Å². The summed E-state index contributed by atoms with van der Waals surface area (Å²) in [6.45, 7) is 18.6.